The minimum atomic E-state index is -3.70. The molecule has 0 spiro atoms. The van der Waals surface area contributed by atoms with Gasteiger partial charge in [0, 0.05) is 32.7 Å². The second-order valence-corrected chi connectivity index (χ2v) is 12.9. The Kier molecular flexibility index (Phi) is 10.8. The fourth-order valence-corrected chi connectivity index (χ4v) is 6.50. The highest BCUT2D eigenvalue weighted by molar-refractivity contribution is 7.89. The van der Waals surface area contributed by atoms with Gasteiger partial charge in [0.15, 0.2) is 6.61 Å². The monoisotopic (exact) mass is 536 g/mol. The van der Waals surface area contributed by atoms with Crippen LogP contribution < -0.4 is 15.0 Å². The van der Waals surface area contributed by atoms with Gasteiger partial charge in [0.25, 0.3) is 5.91 Å². The Hall–Kier alpha value is -2.17. The van der Waals surface area contributed by atoms with E-state index in [1.165, 1.54) is 21.3 Å². The first-order valence-corrected chi connectivity index (χ1v) is 15.1. The zero-order chi connectivity index (χ0) is 27.0. The largest absolute Gasteiger partial charge is 0.482 e. The zero-order valence-electron chi connectivity index (χ0n) is 22.9. The van der Waals surface area contributed by atoms with Crippen molar-refractivity contribution in [3.63, 3.8) is 0 Å². The summed E-state index contributed by atoms with van der Waals surface area (Å²) in [4.78, 5) is 29.3. The molecule has 0 bridgehead atoms. The number of anilines is 1. The average Bonchev–Trinajstić information content (AvgIpc) is 3.13. The van der Waals surface area contributed by atoms with E-state index in [-0.39, 0.29) is 29.9 Å². The molecule has 1 aromatic carbocycles. The molecule has 2 amide bonds. The van der Waals surface area contributed by atoms with E-state index in [1.807, 2.05) is 0 Å². The maximum Gasteiger partial charge on any atom is 0.265 e. The summed E-state index contributed by atoms with van der Waals surface area (Å²) in [6.45, 7) is 12.9. The summed E-state index contributed by atoms with van der Waals surface area (Å²) < 4.78 is 33.6. The van der Waals surface area contributed by atoms with Gasteiger partial charge in [-0.25, -0.2) is 8.42 Å². The van der Waals surface area contributed by atoms with Gasteiger partial charge in [-0.15, -0.1) is 0 Å². The van der Waals surface area contributed by atoms with Crippen LogP contribution in [0.3, 0.4) is 0 Å². The molecule has 0 aromatic heterocycles. The summed E-state index contributed by atoms with van der Waals surface area (Å²) in [6, 6.07) is 4.57. The van der Waals surface area contributed by atoms with Crippen molar-refractivity contribution in [3.8, 4) is 5.75 Å². The number of sulfonamides is 1. The smallest absolute Gasteiger partial charge is 0.265 e. The lowest BCUT2D eigenvalue weighted by Crippen LogP contribution is -2.45. The highest BCUT2D eigenvalue weighted by Gasteiger charge is 2.31. The normalized spacial score (nSPS) is 17.2. The van der Waals surface area contributed by atoms with Crippen LogP contribution in [0.1, 0.15) is 59.8 Å². The quantitative estimate of drug-likeness (QED) is 0.412. The zero-order valence-corrected chi connectivity index (χ0v) is 23.7. The molecule has 0 radical (unpaired) electrons. The molecular weight excluding hydrogens is 492 g/mol. The highest BCUT2D eigenvalue weighted by atomic mass is 32.2. The molecule has 208 valence electrons. The Balaban J connectivity index is 1.63. The molecule has 2 heterocycles. The number of fused-ring (bicyclic) bond motifs is 1. The predicted molar refractivity (Wildman–Crippen MR) is 145 cm³/mol. The van der Waals surface area contributed by atoms with Gasteiger partial charge in [-0.3, -0.25) is 14.5 Å². The molecule has 1 N–H and O–H groups in total. The van der Waals surface area contributed by atoms with Crippen LogP contribution in [0.4, 0.5) is 5.69 Å². The lowest BCUT2D eigenvalue weighted by Gasteiger charge is -2.30. The van der Waals surface area contributed by atoms with Gasteiger partial charge in [-0.05, 0) is 55.8 Å². The van der Waals surface area contributed by atoms with Gasteiger partial charge in [0.2, 0.25) is 15.9 Å². The van der Waals surface area contributed by atoms with E-state index < -0.39 is 10.0 Å². The second-order valence-electron chi connectivity index (χ2n) is 11.0. The third-order valence-corrected chi connectivity index (χ3v) is 8.49. The van der Waals surface area contributed by atoms with Crippen molar-refractivity contribution in [2.24, 2.45) is 11.8 Å². The molecule has 0 unspecified atom stereocenters. The fourth-order valence-electron chi connectivity index (χ4n) is 4.97. The summed E-state index contributed by atoms with van der Waals surface area (Å²) in [7, 11) is -3.70. The summed E-state index contributed by atoms with van der Waals surface area (Å²) in [5.41, 5.74) is 0.322. The Morgan fingerprint density at radius 2 is 1.70 bits per heavy atom. The maximum atomic E-state index is 13.3. The summed E-state index contributed by atoms with van der Waals surface area (Å²) >= 11 is 0. The topological polar surface area (TPSA) is 99.3 Å². The molecule has 2 aliphatic rings. The number of carbonyl (C=O) groups is 2. The number of rotatable bonds is 12. The van der Waals surface area contributed by atoms with Crippen molar-refractivity contribution in [1.82, 2.24) is 14.5 Å². The Bertz CT molecular complexity index is 1010. The van der Waals surface area contributed by atoms with Gasteiger partial charge in [-0.1, -0.05) is 40.5 Å². The molecule has 10 heteroatoms. The first-order valence-electron chi connectivity index (χ1n) is 13.6. The number of nitrogens with one attached hydrogen (secondary N) is 1. The lowest BCUT2D eigenvalue weighted by molar-refractivity contribution is -0.125. The minimum absolute atomic E-state index is 0.118. The summed E-state index contributed by atoms with van der Waals surface area (Å²) in [5.74, 6) is 0.913. The molecule has 37 heavy (non-hydrogen) atoms. The molecule has 0 atom stereocenters. The van der Waals surface area contributed by atoms with Crippen LogP contribution in [-0.2, 0) is 19.6 Å². The third-order valence-electron chi connectivity index (χ3n) is 6.60. The van der Waals surface area contributed by atoms with Crippen LogP contribution in [0.2, 0.25) is 0 Å². The molecule has 1 saturated heterocycles. The molecule has 1 aromatic rings. The van der Waals surface area contributed by atoms with Gasteiger partial charge in [-0.2, -0.15) is 4.31 Å². The number of amides is 2. The average molecular weight is 537 g/mol. The standard InChI is InChI=1S/C27H44N4O5S/c1-21(2)17-29(18-22(3)4)13-9-12-28-26(32)19-31-24-16-23(10-11-25(24)36-20-27(31)33)37(34,35)30-14-7-5-6-8-15-30/h10-11,16,21-22H,5-9,12-15,17-20H2,1-4H3,(H,28,32). The van der Waals surface area contributed by atoms with Gasteiger partial charge >= 0.3 is 0 Å². The molecule has 0 aliphatic carbocycles. The van der Waals surface area contributed by atoms with Gasteiger partial charge < -0.3 is 15.0 Å². The number of hydrogen-bond donors (Lipinski definition) is 1. The van der Waals surface area contributed by atoms with E-state index in [4.69, 9.17) is 4.74 Å². The summed E-state index contributed by atoms with van der Waals surface area (Å²) in [6.07, 6.45) is 4.54. The third kappa shape index (κ3) is 8.41. The van der Waals surface area contributed by atoms with Crippen molar-refractivity contribution in [3.05, 3.63) is 18.2 Å². The molecular formula is C27H44N4O5S. The molecule has 1 fully saturated rings. The SMILES string of the molecule is CC(C)CN(CCCNC(=O)CN1C(=O)COc2ccc(S(=O)(=O)N3CCCCCC3)cc21)CC(C)C. The maximum absolute atomic E-state index is 13.3. The molecule has 0 saturated carbocycles. The van der Waals surface area contributed by atoms with Crippen molar-refractivity contribution >= 4 is 27.5 Å². The number of ether oxygens (including phenoxy) is 1. The van der Waals surface area contributed by atoms with Crippen LogP contribution >= 0.6 is 0 Å². The Morgan fingerprint density at radius 3 is 2.32 bits per heavy atom. The van der Waals surface area contributed by atoms with E-state index in [1.54, 1.807) is 6.07 Å². The van der Waals surface area contributed by atoms with Crippen LogP contribution in [0.15, 0.2) is 23.1 Å². The van der Waals surface area contributed by atoms with E-state index in [0.29, 0.717) is 42.9 Å². The fraction of sp³-hybridized carbons (Fsp3) is 0.704. The Labute approximate surface area is 222 Å². The summed E-state index contributed by atoms with van der Waals surface area (Å²) in [5, 5.41) is 2.92. The lowest BCUT2D eigenvalue weighted by atomic mass is 10.1. The van der Waals surface area contributed by atoms with Gasteiger partial charge in [0.1, 0.15) is 12.3 Å². The first kappa shape index (κ1) is 29.4. The highest BCUT2D eigenvalue weighted by Crippen LogP contribution is 2.35. The van der Waals surface area contributed by atoms with E-state index in [2.05, 4.69) is 37.9 Å². The number of nitrogens with zero attached hydrogens (tertiary/aromatic N) is 3. The van der Waals surface area contributed by atoms with Crippen molar-refractivity contribution in [2.45, 2.75) is 64.7 Å². The van der Waals surface area contributed by atoms with Gasteiger partial charge in [0.05, 0.1) is 10.6 Å². The van der Waals surface area contributed by atoms with E-state index >= 15 is 0 Å². The molecule has 9 nitrogen and oxygen atoms in total. The first-order chi connectivity index (χ1) is 17.6. The van der Waals surface area contributed by atoms with Crippen LogP contribution in [0, 0.1) is 11.8 Å². The Morgan fingerprint density at radius 1 is 1.05 bits per heavy atom. The second kappa shape index (κ2) is 13.6. The van der Waals surface area contributed by atoms with Crippen molar-refractivity contribution < 1.29 is 22.7 Å². The number of carbonyl (C=O) groups excluding carboxylic acids is 2. The van der Waals surface area contributed by atoms with Crippen LogP contribution in [0.5, 0.6) is 5.75 Å². The van der Waals surface area contributed by atoms with E-state index in [0.717, 1.165) is 51.7 Å². The molecule has 3 rings (SSSR count). The van der Waals surface area contributed by atoms with Crippen molar-refractivity contribution in [1.29, 1.82) is 0 Å². The predicted octanol–water partition coefficient (Wildman–Crippen LogP) is 3.10. The van der Waals surface area contributed by atoms with Crippen LogP contribution in [-0.4, -0.2) is 81.9 Å². The number of hydrogen-bond acceptors (Lipinski definition) is 6. The van der Waals surface area contributed by atoms with Crippen LogP contribution in [0.25, 0.3) is 0 Å². The minimum Gasteiger partial charge on any atom is -0.482 e. The van der Waals surface area contributed by atoms with Crippen molar-refractivity contribution in [2.75, 3.05) is 57.3 Å². The molecule has 2 aliphatic heterocycles. The van der Waals surface area contributed by atoms with E-state index in [9.17, 15) is 18.0 Å². The number of benzene rings is 1.